The van der Waals surface area contributed by atoms with Crippen LogP contribution in [0.1, 0.15) is 58.8 Å². The molecule has 4 heteroatoms. The van der Waals surface area contributed by atoms with Crippen molar-refractivity contribution in [3.05, 3.63) is 11.6 Å². The third-order valence-electron chi connectivity index (χ3n) is 8.31. The molecule has 25 heavy (non-hydrogen) atoms. The van der Waals surface area contributed by atoms with Crippen molar-refractivity contribution in [3.63, 3.8) is 0 Å². The SMILES string of the molecule is C#C[C@@]1(O)CC[C@@H]2[C@@H]3[C@@H](CC[C@]21C)[C@]1(OO)CCC(=O)C=C1C[C@@H]3C. The zero-order valence-electron chi connectivity index (χ0n) is 15.1. The van der Waals surface area contributed by atoms with Gasteiger partial charge in [0.2, 0.25) is 0 Å². The Labute approximate surface area is 149 Å². The van der Waals surface area contributed by atoms with Gasteiger partial charge in [0.25, 0.3) is 0 Å². The van der Waals surface area contributed by atoms with Crippen LogP contribution in [0.5, 0.6) is 0 Å². The zero-order chi connectivity index (χ0) is 18.0. The molecule has 7 atom stereocenters. The molecule has 0 saturated heterocycles. The van der Waals surface area contributed by atoms with Crippen molar-refractivity contribution in [2.75, 3.05) is 0 Å². The Hall–Kier alpha value is -1.15. The molecular formula is C21H28O4. The Bertz CT molecular complexity index is 676. The third-order valence-corrected chi connectivity index (χ3v) is 8.31. The molecule has 136 valence electrons. The van der Waals surface area contributed by atoms with Crippen LogP contribution in [0, 0.1) is 41.4 Å². The molecule has 3 saturated carbocycles. The minimum Gasteiger partial charge on any atom is -0.377 e. The van der Waals surface area contributed by atoms with Crippen LogP contribution >= 0.6 is 0 Å². The summed E-state index contributed by atoms with van der Waals surface area (Å²) in [7, 11) is 0. The minimum absolute atomic E-state index is 0.136. The van der Waals surface area contributed by atoms with Gasteiger partial charge < -0.3 is 5.11 Å². The highest BCUT2D eigenvalue weighted by Crippen LogP contribution is 2.67. The zero-order valence-corrected chi connectivity index (χ0v) is 15.1. The van der Waals surface area contributed by atoms with E-state index in [1.807, 2.05) is 0 Å². The van der Waals surface area contributed by atoms with Crippen LogP contribution in [0.2, 0.25) is 0 Å². The number of terminal acetylenes is 1. The van der Waals surface area contributed by atoms with Gasteiger partial charge in [0, 0.05) is 11.8 Å². The summed E-state index contributed by atoms with van der Waals surface area (Å²) in [6.45, 7) is 4.38. The summed E-state index contributed by atoms with van der Waals surface area (Å²) in [4.78, 5) is 17.1. The summed E-state index contributed by atoms with van der Waals surface area (Å²) in [5.74, 6) is 4.07. The Balaban J connectivity index is 1.77. The van der Waals surface area contributed by atoms with Crippen molar-refractivity contribution in [2.45, 2.75) is 70.0 Å². The lowest BCUT2D eigenvalue weighted by Crippen LogP contribution is -2.60. The van der Waals surface area contributed by atoms with Crippen molar-refractivity contribution in [1.82, 2.24) is 0 Å². The summed E-state index contributed by atoms with van der Waals surface area (Å²) in [5, 5.41) is 21.0. The first-order valence-electron chi connectivity index (χ1n) is 9.58. The smallest absolute Gasteiger partial charge is 0.155 e. The summed E-state index contributed by atoms with van der Waals surface area (Å²) >= 11 is 0. The predicted molar refractivity (Wildman–Crippen MR) is 93.4 cm³/mol. The molecule has 2 N–H and O–H groups in total. The van der Waals surface area contributed by atoms with Crippen LogP contribution in [0.15, 0.2) is 11.6 Å². The van der Waals surface area contributed by atoms with E-state index in [0.29, 0.717) is 37.0 Å². The molecular weight excluding hydrogens is 316 g/mol. The lowest BCUT2D eigenvalue weighted by atomic mass is 9.47. The molecule has 0 aromatic carbocycles. The summed E-state index contributed by atoms with van der Waals surface area (Å²) in [5.41, 5.74) is -1.06. The molecule has 0 unspecified atom stereocenters. The number of ketones is 1. The first-order valence-corrected chi connectivity index (χ1v) is 9.58. The summed E-state index contributed by atoms with van der Waals surface area (Å²) < 4.78 is 0. The van der Waals surface area contributed by atoms with E-state index < -0.39 is 11.2 Å². The van der Waals surface area contributed by atoms with E-state index in [1.165, 1.54) is 0 Å². The number of carbonyl (C=O) groups is 1. The highest BCUT2D eigenvalue weighted by Gasteiger charge is 2.66. The molecule has 4 nitrogen and oxygen atoms in total. The Morgan fingerprint density at radius 2 is 2.00 bits per heavy atom. The van der Waals surface area contributed by atoms with E-state index in [4.69, 9.17) is 11.3 Å². The maximum absolute atomic E-state index is 11.9. The van der Waals surface area contributed by atoms with Gasteiger partial charge in [-0.15, -0.1) is 6.42 Å². The molecule has 4 aliphatic rings. The van der Waals surface area contributed by atoms with Crippen molar-refractivity contribution >= 4 is 5.78 Å². The Morgan fingerprint density at radius 3 is 2.68 bits per heavy atom. The van der Waals surface area contributed by atoms with Crippen LogP contribution in [0.4, 0.5) is 0 Å². The molecule has 0 heterocycles. The predicted octanol–water partition coefficient (Wildman–Crippen LogP) is 3.35. The molecule has 0 amide bonds. The molecule has 0 radical (unpaired) electrons. The van der Waals surface area contributed by atoms with Gasteiger partial charge in [-0.3, -0.25) is 10.1 Å². The van der Waals surface area contributed by atoms with E-state index in [1.54, 1.807) is 6.08 Å². The van der Waals surface area contributed by atoms with E-state index in [9.17, 15) is 15.2 Å². The normalized spacial score (nSPS) is 51.8. The van der Waals surface area contributed by atoms with Gasteiger partial charge in [-0.1, -0.05) is 19.8 Å². The molecule has 0 aromatic rings. The number of aliphatic hydroxyl groups is 1. The fourth-order valence-electron chi connectivity index (χ4n) is 6.96. The lowest BCUT2D eigenvalue weighted by molar-refractivity contribution is -0.344. The maximum atomic E-state index is 11.9. The van der Waals surface area contributed by atoms with Gasteiger partial charge in [0.15, 0.2) is 5.78 Å². The van der Waals surface area contributed by atoms with Crippen LogP contribution in [0.25, 0.3) is 0 Å². The summed E-state index contributed by atoms with van der Waals surface area (Å²) in [6.07, 6.45) is 12.5. The molecule has 0 bridgehead atoms. The molecule has 4 rings (SSSR count). The minimum atomic E-state index is -1.03. The second-order valence-corrected chi connectivity index (χ2v) is 9.09. The topological polar surface area (TPSA) is 66.8 Å². The van der Waals surface area contributed by atoms with Gasteiger partial charge in [-0.2, -0.15) is 0 Å². The fraction of sp³-hybridized carbons (Fsp3) is 0.762. The average Bonchev–Trinajstić information content (AvgIpc) is 2.87. The van der Waals surface area contributed by atoms with Gasteiger partial charge >= 0.3 is 0 Å². The van der Waals surface area contributed by atoms with E-state index in [2.05, 4.69) is 19.8 Å². The average molecular weight is 344 g/mol. The van der Waals surface area contributed by atoms with Crippen LogP contribution < -0.4 is 0 Å². The Kier molecular flexibility index (Phi) is 3.75. The van der Waals surface area contributed by atoms with Gasteiger partial charge in [0.05, 0.1) is 0 Å². The molecule has 0 aromatic heterocycles. The van der Waals surface area contributed by atoms with Crippen molar-refractivity contribution in [2.24, 2.45) is 29.1 Å². The largest absolute Gasteiger partial charge is 0.377 e. The van der Waals surface area contributed by atoms with Gasteiger partial charge in [0.1, 0.15) is 11.2 Å². The molecule has 0 spiro atoms. The number of hydrogen-bond acceptors (Lipinski definition) is 4. The van der Waals surface area contributed by atoms with Gasteiger partial charge in [-0.25, -0.2) is 4.89 Å². The van der Waals surface area contributed by atoms with Crippen molar-refractivity contribution in [1.29, 1.82) is 0 Å². The molecule has 0 aliphatic heterocycles. The van der Waals surface area contributed by atoms with E-state index >= 15 is 0 Å². The Morgan fingerprint density at radius 1 is 1.28 bits per heavy atom. The fourth-order valence-corrected chi connectivity index (χ4v) is 6.96. The third kappa shape index (κ3) is 2.04. The number of fused-ring (bicyclic) bond motifs is 5. The number of carbonyl (C=O) groups excluding carboxylic acids is 1. The van der Waals surface area contributed by atoms with Crippen molar-refractivity contribution in [3.8, 4) is 12.3 Å². The van der Waals surface area contributed by atoms with Crippen molar-refractivity contribution < 1.29 is 20.0 Å². The highest BCUT2D eigenvalue weighted by molar-refractivity contribution is 5.92. The second-order valence-electron chi connectivity index (χ2n) is 9.09. The second kappa shape index (κ2) is 5.42. The molecule has 4 aliphatic carbocycles. The van der Waals surface area contributed by atoms with Crippen LogP contribution in [-0.4, -0.2) is 27.3 Å². The molecule has 3 fully saturated rings. The summed E-state index contributed by atoms with van der Waals surface area (Å²) in [6, 6.07) is 0. The lowest BCUT2D eigenvalue weighted by Gasteiger charge is -2.59. The van der Waals surface area contributed by atoms with Crippen LogP contribution in [-0.2, 0) is 9.68 Å². The van der Waals surface area contributed by atoms with E-state index in [-0.39, 0.29) is 17.1 Å². The first-order chi connectivity index (χ1) is 11.8. The number of hydrogen-bond donors (Lipinski definition) is 2. The quantitative estimate of drug-likeness (QED) is 0.435. The standard InChI is InChI=1S/C21H28O4/c1-4-20(23)9-7-16-18-13(2)11-14-12-15(22)5-10-21(14,25-24)17(18)6-8-19(16,20)3/h1,12-13,16-18,23-24H,5-11H2,2-3H3/t13-,16+,17+,18+,19+,20+,21-/m0/s1. The first kappa shape index (κ1) is 17.3. The monoisotopic (exact) mass is 344 g/mol. The number of rotatable bonds is 1. The highest BCUT2D eigenvalue weighted by atomic mass is 17.1. The maximum Gasteiger partial charge on any atom is 0.155 e. The van der Waals surface area contributed by atoms with E-state index in [0.717, 1.165) is 31.3 Å². The van der Waals surface area contributed by atoms with Crippen LogP contribution in [0.3, 0.4) is 0 Å². The van der Waals surface area contributed by atoms with Gasteiger partial charge in [-0.05, 0) is 73.8 Å².